The number of ether oxygens (including phenoxy) is 1. The second kappa shape index (κ2) is 7.60. The minimum Gasteiger partial charge on any atom is -0.487 e. The first-order valence-corrected chi connectivity index (χ1v) is 10.6. The molecule has 5 rings (SSSR count). The molecule has 3 aromatic rings. The number of fused-ring (bicyclic) bond motifs is 2. The summed E-state index contributed by atoms with van der Waals surface area (Å²) < 4.78 is 5.92. The monoisotopic (exact) mass is 399 g/mol. The number of nitrogens with zero attached hydrogens (tertiary/aromatic N) is 1. The van der Waals surface area contributed by atoms with Crippen molar-refractivity contribution in [3.63, 3.8) is 0 Å². The van der Waals surface area contributed by atoms with Gasteiger partial charge in [-0.1, -0.05) is 36.8 Å². The number of aromatic carboxylic acids is 1. The summed E-state index contributed by atoms with van der Waals surface area (Å²) in [5.41, 5.74) is 3.77. The van der Waals surface area contributed by atoms with Crippen LogP contribution in [0.1, 0.15) is 52.9 Å². The van der Waals surface area contributed by atoms with Gasteiger partial charge in [0.1, 0.15) is 12.4 Å². The molecule has 2 saturated carbocycles. The predicted octanol–water partition coefficient (Wildman–Crippen LogP) is 5.46. The molecule has 1 N–H and O–H groups in total. The molecule has 0 aliphatic heterocycles. The van der Waals surface area contributed by atoms with Crippen LogP contribution >= 0.6 is 0 Å². The summed E-state index contributed by atoms with van der Waals surface area (Å²) in [5.74, 6) is 1.33. The Bertz CT molecular complexity index is 1030. The summed E-state index contributed by atoms with van der Waals surface area (Å²) in [6.45, 7) is 0.451. The summed E-state index contributed by atoms with van der Waals surface area (Å²) in [4.78, 5) is 15.6. The number of hydrogen-bond acceptors (Lipinski definition) is 3. The lowest BCUT2D eigenvalue weighted by Gasteiger charge is -2.39. The van der Waals surface area contributed by atoms with E-state index in [4.69, 9.17) is 4.74 Å². The quantitative estimate of drug-likeness (QED) is 0.597. The van der Waals surface area contributed by atoms with Gasteiger partial charge in [0.15, 0.2) is 0 Å². The third-order valence-electron chi connectivity index (χ3n) is 6.98. The Morgan fingerprint density at radius 1 is 1.00 bits per heavy atom. The molecule has 2 aliphatic carbocycles. The van der Waals surface area contributed by atoms with Crippen molar-refractivity contribution in [1.82, 2.24) is 4.98 Å². The summed E-state index contributed by atoms with van der Waals surface area (Å²) in [6, 6.07) is 21.9. The number of carbonyl (C=O) groups is 1. The zero-order valence-corrected chi connectivity index (χ0v) is 16.8. The van der Waals surface area contributed by atoms with Gasteiger partial charge in [-0.25, -0.2) is 4.79 Å². The minimum atomic E-state index is -0.877. The number of benzene rings is 2. The maximum absolute atomic E-state index is 11.3. The zero-order chi connectivity index (χ0) is 20.6. The van der Waals surface area contributed by atoms with Crippen molar-refractivity contribution in [2.24, 2.45) is 11.8 Å². The second-order valence-corrected chi connectivity index (χ2v) is 8.57. The number of carboxylic acid groups (broad SMARTS) is 1. The van der Waals surface area contributed by atoms with Gasteiger partial charge in [-0.2, -0.15) is 0 Å². The Hall–Kier alpha value is -3.14. The van der Waals surface area contributed by atoms with Crippen LogP contribution in [-0.4, -0.2) is 16.1 Å². The first-order valence-electron chi connectivity index (χ1n) is 10.6. The van der Waals surface area contributed by atoms with E-state index in [1.165, 1.54) is 30.4 Å². The van der Waals surface area contributed by atoms with Gasteiger partial charge in [0, 0.05) is 11.6 Å². The van der Waals surface area contributed by atoms with E-state index in [0.29, 0.717) is 18.1 Å². The Labute approximate surface area is 176 Å². The maximum atomic E-state index is 11.3. The molecule has 30 heavy (non-hydrogen) atoms. The molecule has 4 nitrogen and oxygen atoms in total. The molecular weight excluding hydrogens is 374 g/mol. The van der Waals surface area contributed by atoms with Crippen molar-refractivity contribution >= 4 is 5.97 Å². The molecule has 0 radical (unpaired) electrons. The molecule has 1 aromatic heterocycles. The van der Waals surface area contributed by atoms with E-state index in [1.54, 1.807) is 18.3 Å². The largest absolute Gasteiger partial charge is 0.487 e. The summed E-state index contributed by atoms with van der Waals surface area (Å²) in [6.07, 6.45) is 6.72. The van der Waals surface area contributed by atoms with Gasteiger partial charge in [0.05, 0.1) is 11.3 Å². The summed E-state index contributed by atoms with van der Waals surface area (Å²) in [7, 11) is 0. The van der Waals surface area contributed by atoms with E-state index in [2.05, 4.69) is 29.2 Å². The fourth-order valence-corrected chi connectivity index (χ4v) is 5.60. The van der Waals surface area contributed by atoms with E-state index in [0.717, 1.165) is 23.8 Å². The van der Waals surface area contributed by atoms with Gasteiger partial charge in [0.25, 0.3) is 0 Å². The van der Waals surface area contributed by atoms with E-state index < -0.39 is 5.97 Å². The first kappa shape index (κ1) is 18.9. The molecule has 2 aromatic carbocycles. The van der Waals surface area contributed by atoms with Crippen molar-refractivity contribution in [3.05, 3.63) is 95.3 Å². The molecule has 152 valence electrons. The highest BCUT2D eigenvalue weighted by molar-refractivity contribution is 5.87. The molecule has 2 bridgehead atoms. The SMILES string of the molecule is O=C(O)c1ccc(C2(c3ccc(OCc4ccccn4)cc3)CC3CCC2C3)cc1. The highest BCUT2D eigenvalue weighted by Gasteiger charge is 2.52. The topological polar surface area (TPSA) is 59.4 Å². The van der Waals surface area contributed by atoms with Gasteiger partial charge >= 0.3 is 5.97 Å². The molecule has 1 heterocycles. The maximum Gasteiger partial charge on any atom is 0.335 e. The lowest BCUT2D eigenvalue weighted by atomic mass is 9.64. The second-order valence-electron chi connectivity index (χ2n) is 8.57. The molecule has 2 fully saturated rings. The standard InChI is InChI=1S/C26H25NO3/c28-25(29)19-5-8-20(9-6-19)26(16-18-4-7-22(26)15-18)21-10-12-24(13-11-21)30-17-23-3-1-2-14-27-23/h1-3,5-6,8-14,18,22H,4,7,15-17H2,(H,28,29). The number of pyridine rings is 1. The number of hydrogen-bond donors (Lipinski definition) is 1. The van der Waals surface area contributed by atoms with Crippen LogP contribution in [0.25, 0.3) is 0 Å². The highest BCUT2D eigenvalue weighted by atomic mass is 16.5. The summed E-state index contributed by atoms with van der Waals surface area (Å²) in [5, 5.41) is 9.27. The van der Waals surface area contributed by atoms with Crippen LogP contribution in [-0.2, 0) is 12.0 Å². The van der Waals surface area contributed by atoms with Crippen LogP contribution in [0.2, 0.25) is 0 Å². The Kier molecular flexibility index (Phi) is 4.78. The van der Waals surface area contributed by atoms with Crippen LogP contribution < -0.4 is 4.74 Å². The molecule has 2 aliphatic rings. The fourth-order valence-electron chi connectivity index (χ4n) is 5.60. The van der Waals surface area contributed by atoms with Crippen LogP contribution in [0, 0.1) is 11.8 Å². The lowest BCUT2D eigenvalue weighted by Crippen LogP contribution is -2.34. The first-order chi connectivity index (χ1) is 14.6. The summed E-state index contributed by atoms with van der Waals surface area (Å²) >= 11 is 0. The van der Waals surface area contributed by atoms with Crippen LogP contribution in [0.5, 0.6) is 5.75 Å². The number of carboxylic acids is 1. The molecule has 4 heteroatoms. The minimum absolute atomic E-state index is 0.0283. The Morgan fingerprint density at radius 2 is 1.73 bits per heavy atom. The van der Waals surface area contributed by atoms with E-state index in [-0.39, 0.29) is 5.41 Å². The Morgan fingerprint density at radius 3 is 2.30 bits per heavy atom. The third kappa shape index (κ3) is 3.26. The smallest absolute Gasteiger partial charge is 0.335 e. The van der Waals surface area contributed by atoms with E-state index >= 15 is 0 Å². The average Bonchev–Trinajstić information content (AvgIpc) is 3.41. The number of aromatic nitrogens is 1. The third-order valence-corrected chi connectivity index (χ3v) is 6.98. The zero-order valence-electron chi connectivity index (χ0n) is 16.8. The van der Waals surface area contributed by atoms with Crippen molar-refractivity contribution < 1.29 is 14.6 Å². The van der Waals surface area contributed by atoms with Gasteiger partial charge in [-0.05, 0) is 78.6 Å². The fraction of sp³-hybridized carbons (Fsp3) is 0.308. The molecule has 3 atom stereocenters. The van der Waals surface area contributed by atoms with Crippen LogP contribution in [0.3, 0.4) is 0 Å². The number of rotatable bonds is 6. The van der Waals surface area contributed by atoms with Gasteiger partial charge < -0.3 is 9.84 Å². The van der Waals surface area contributed by atoms with Crippen molar-refractivity contribution in [3.8, 4) is 5.75 Å². The average molecular weight is 399 g/mol. The van der Waals surface area contributed by atoms with Crippen molar-refractivity contribution in [1.29, 1.82) is 0 Å². The van der Waals surface area contributed by atoms with E-state index in [9.17, 15) is 9.90 Å². The van der Waals surface area contributed by atoms with E-state index in [1.807, 2.05) is 30.3 Å². The van der Waals surface area contributed by atoms with Crippen LogP contribution in [0.4, 0.5) is 0 Å². The van der Waals surface area contributed by atoms with Gasteiger partial charge in [0.2, 0.25) is 0 Å². The molecule has 3 unspecified atom stereocenters. The molecule has 0 saturated heterocycles. The van der Waals surface area contributed by atoms with Crippen molar-refractivity contribution in [2.75, 3.05) is 0 Å². The normalized spacial score (nSPS) is 24.7. The predicted molar refractivity (Wildman–Crippen MR) is 115 cm³/mol. The highest BCUT2D eigenvalue weighted by Crippen LogP contribution is 2.60. The molecular formula is C26H25NO3. The molecule has 0 spiro atoms. The Balaban J connectivity index is 1.43. The van der Waals surface area contributed by atoms with Crippen LogP contribution in [0.15, 0.2) is 72.9 Å². The van der Waals surface area contributed by atoms with Gasteiger partial charge in [-0.15, -0.1) is 0 Å². The lowest BCUT2D eigenvalue weighted by molar-refractivity contribution is 0.0697. The van der Waals surface area contributed by atoms with Crippen molar-refractivity contribution in [2.45, 2.75) is 37.7 Å². The molecule has 0 amide bonds. The van der Waals surface area contributed by atoms with Gasteiger partial charge in [-0.3, -0.25) is 4.98 Å².